The Labute approximate surface area is 212 Å². The van der Waals surface area contributed by atoms with Gasteiger partial charge in [0.25, 0.3) is 11.8 Å². The normalized spacial score (nSPS) is 25.7. The zero-order chi connectivity index (χ0) is 25.6. The lowest BCUT2D eigenvalue weighted by atomic mass is 9.85. The summed E-state index contributed by atoms with van der Waals surface area (Å²) < 4.78 is 0. The molecule has 0 aromatic carbocycles. The number of anilines is 1. The second-order valence-corrected chi connectivity index (χ2v) is 10.7. The first-order valence-corrected chi connectivity index (χ1v) is 13.1. The number of nitrogens with one attached hydrogen (secondary N) is 3. The number of carboxylic acids is 1. The number of allylic oxidation sites excluding steroid dienone is 1. The van der Waals surface area contributed by atoms with E-state index in [9.17, 15) is 29.5 Å². The van der Waals surface area contributed by atoms with Crippen LogP contribution in [-0.2, 0) is 19.2 Å². The summed E-state index contributed by atoms with van der Waals surface area (Å²) in [5, 5.41) is 31.9. The third kappa shape index (κ3) is 4.12. The third-order valence-corrected chi connectivity index (χ3v) is 8.51. The maximum atomic E-state index is 13.1. The molecule has 13 nitrogen and oxygen atoms in total. The number of fused-ring (bicyclic) bond motifs is 1. The van der Waals surface area contributed by atoms with Crippen molar-refractivity contribution < 1.29 is 29.5 Å². The molecule has 0 unspecified atom stereocenters. The first-order valence-electron chi connectivity index (χ1n) is 11.2. The van der Waals surface area contributed by atoms with Gasteiger partial charge in [0.1, 0.15) is 22.8 Å². The Morgan fingerprint density at radius 2 is 2.11 bits per heavy atom. The van der Waals surface area contributed by atoms with E-state index in [0.717, 1.165) is 24.4 Å². The van der Waals surface area contributed by atoms with Gasteiger partial charge in [-0.25, -0.2) is 9.78 Å². The highest BCUT2D eigenvalue weighted by Gasteiger charge is 2.55. The van der Waals surface area contributed by atoms with Crippen molar-refractivity contribution in [2.24, 2.45) is 11.1 Å². The second kappa shape index (κ2) is 9.55. The Balaban J connectivity index is 1.42. The molecule has 4 aliphatic heterocycles. The lowest BCUT2D eigenvalue weighted by Gasteiger charge is -2.49. The summed E-state index contributed by atoms with van der Waals surface area (Å²) in [5.41, 5.74) is 6.80. The highest BCUT2D eigenvalue weighted by molar-refractivity contribution is 8.00. The third-order valence-electron chi connectivity index (χ3n) is 6.56. The molecule has 5 heterocycles. The standard InChI is InChI=1S/C21H23N7O6S2/c22-21-25-12(7-36-21)13(27-34)17(30)26-14-18(31)28-15(20(32)33)11(6-35-19(14)28)10(3-8-4-23-5-8)9-1-2-24-16(9)29/h7-8,14,19,23,34H,1-6H2,(H2,22,25)(H,24,29)(H,26,30)(H,32,33)/t14-,19-/m1/s1. The molecule has 0 saturated carbocycles. The second-order valence-electron chi connectivity index (χ2n) is 8.70. The van der Waals surface area contributed by atoms with Gasteiger partial charge in [-0.2, -0.15) is 0 Å². The Hall–Kier alpha value is -3.43. The lowest BCUT2D eigenvalue weighted by molar-refractivity contribution is -0.150. The van der Waals surface area contributed by atoms with Gasteiger partial charge in [0.2, 0.25) is 5.91 Å². The van der Waals surface area contributed by atoms with Gasteiger partial charge >= 0.3 is 5.97 Å². The van der Waals surface area contributed by atoms with Gasteiger partial charge < -0.3 is 32.0 Å². The SMILES string of the molecule is Nc1nc(C(=NO)C(=O)N[C@@H]2C(=O)N3C(C(=O)O)=C(C(CC4CNC4)=C4CCNC4=O)CS[C@H]23)cs1. The fraction of sp³-hybridized carbons (Fsp3) is 0.429. The van der Waals surface area contributed by atoms with Crippen molar-refractivity contribution in [3.8, 4) is 0 Å². The molecule has 0 spiro atoms. The number of nitrogens with zero attached hydrogens (tertiary/aromatic N) is 3. The number of oxime groups is 1. The Morgan fingerprint density at radius 1 is 1.33 bits per heavy atom. The maximum absolute atomic E-state index is 13.1. The van der Waals surface area contributed by atoms with E-state index in [-0.39, 0.29) is 34.1 Å². The van der Waals surface area contributed by atoms with Crippen LogP contribution in [0.1, 0.15) is 18.5 Å². The minimum Gasteiger partial charge on any atom is -0.477 e. The zero-order valence-electron chi connectivity index (χ0n) is 18.8. The molecule has 5 rings (SSSR count). The van der Waals surface area contributed by atoms with Crippen LogP contribution >= 0.6 is 23.1 Å². The van der Waals surface area contributed by atoms with Crippen molar-refractivity contribution in [1.29, 1.82) is 0 Å². The van der Waals surface area contributed by atoms with Crippen molar-refractivity contribution in [3.05, 3.63) is 33.5 Å². The summed E-state index contributed by atoms with van der Waals surface area (Å²) in [7, 11) is 0. The van der Waals surface area contributed by atoms with Crippen molar-refractivity contribution in [1.82, 2.24) is 25.8 Å². The molecule has 36 heavy (non-hydrogen) atoms. The number of nitrogen functional groups attached to an aromatic ring is 1. The van der Waals surface area contributed by atoms with E-state index in [0.29, 0.717) is 36.1 Å². The molecule has 4 aliphatic rings. The number of hydrogen-bond donors (Lipinski definition) is 6. The number of rotatable bonds is 7. The zero-order valence-corrected chi connectivity index (χ0v) is 20.4. The molecule has 190 valence electrons. The van der Waals surface area contributed by atoms with E-state index < -0.39 is 34.9 Å². The first-order chi connectivity index (χ1) is 17.3. The predicted octanol–water partition coefficient (Wildman–Crippen LogP) is -0.932. The Kier molecular flexibility index (Phi) is 6.44. The van der Waals surface area contributed by atoms with Crippen LogP contribution in [0.2, 0.25) is 0 Å². The summed E-state index contributed by atoms with van der Waals surface area (Å²) in [6.45, 7) is 2.04. The van der Waals surface area contributed by atoms with E-state index in [4.69, 9.17) is 5.73 Å². The lowest BCUT2D eigenvalue weighted by Crippen LogP contribution is -2.71. The molecule has 3 amide bonds. The fourth-order valence-electron chi connectivity index (χ4n) is 4.69. The number of nitrogens with two attached hydrogens (primary N) is 1. The van der Waals surface area contributed by atoms with E-state index >= 15 is 0 Å². The summed E-state index contributed by atoms with van der Waals surface area (Å²) >= 11 is 2.37. The van der Waals surface area contributed by atoms with Gasteiger partial charge in [0.15, 0.2) is 10.8 Å². The predicted molar refractivity (Wildman–Crippen MR) is 130 cm³/mol. The number of thioether (sulfide) groups is 1. The Bertz CT molecular complexity index is 1250. The van der Waals surface area contributed by atoms with Gasteiger partial charge in [-0.1, -0.05) is 5.16 Å². The van der Waals surface area contributed by atoms with E-state index in [1.807, 2.05) is 0 Å². The largest absolute Gasteiger partial charge is 0.477 e. The number of thiazole rings is 1. The van der Waals surface area contributed by atoms with Gasteiger partial charge in [-0.15, -0.1) is 23.1 Å². The van der Waals surface area contributed by atoms with Crippen molar-refractivity contribution in [3.63, 3.8) is 0 Å². The molecule has 3 saturated heterocycles. The number of carbonyl (C=O) groups is 4. The molecule has 1 aromatic heterocycles. The van der Waals surface area contributed by atoms with Crippen LogP contribution in [0.4, 0.5) is 5.13 Å². The number of β-lactam (4-membered cyclic amide) rings is 1. The number of aromatic nitrogens is 1. The molecule has 2 atom stereocenters. The van der Waals surface area contributed by atoms with E-state index in [2.05, 4.69) is 26.1 Å². The molecule has 3 fully saturated rings. The van der Waals surface area contributed by atoms with Crippen molar-refractivity contribution in [2.75, 3.05) is 31.1 Å². The number of aliphatic carboxylic acids is 1. The summed E-state index contributed by atoms with van der Waals surface area (Å²) in [6, 6.07) is -1.02. The van der Waals surface area contributed by atoms with Gasteiger partial charge in [-0.3, -0.25) is 19.3 Å². The molecule has 7 N–H and O–H groups in total. The number of carboxylic acid groups (broad SMARTS) is 1. The minimum absolute atomic E-state index is 0.0578. The van der Waals surface area contributed by atoms with Crippen molar-refractivity contribution in [2.45, 2.75) is 24.3 Å². The number of amides is 3. The van der Waals surface area contributed by atoms with Crippen LogP contribution in [-0.4, -0.2) is 86.4 Å². The smallest absolute Gasteiger partial charge is 0.352 e. The quantitative estimate of drug-likeness (QED) is 0.0836. The van der Waals surface area contributed by atoms with E-state index in [1.165, 1.54) is 22.0 Å². The number of carbonyl (C=O) groups excluding carboxylic acids is 3. The van der Waals surface area contributed by atoms with Crippen LogP contribution < -0.4 is 21.7 Å². The summed E-state index contributed by atoms with van der Waals surface area (Å²) in [4.78, 5) is 55.8. The molecule has 0 aliphatic carbocycles. The van der Waals surface area contributed by atoms with Crippen LogP contribution in [0.15, 0.2) is 33.0 Å². The van der Waals surface area contributed by atoms with Crippen LogP contribution in [0, 0.1) is 5.92 Å². The highest BCUT2D eigenvalue weighted by Crippen LogP contribution is 2.44. The molecule has 1 aromatic rings. The minimum atomic E-state index is -1.27. The molecule has 0 radical (unpaired) electrons. The van der Waals surface area contributed by atoms with Gasteiger partial charge in [0.05, 0.1) is 0 Å². The van der Waals surface area contributed by atoms with Crippen LogP contribution in [0.5, 0.6) is 0 Å². The summed E-state index contributed by atoms with van der Waals surface area (Å²) in [5.74, 6) is -2.38. The Morgan fingerprint density at radius 3 is 2.67 bits per heavy atom. The first kappa shape index (κ1) is 24.3. The van der Waals surface area contributed by atoms with Crippen LogP contribution in [0.3, 0.4) is 0 Å². The van der Waals surface area contributed by atoms with Crippen LogP contribution in [0.25, 0.3) is 0 Å². The molecular weight excluding hydrogens is 510 g/mol. The average Bonchev–Trinajstić information content (AvgIpc) is 3.44. The van der Waals surface area contributed by atoms with Gasteiger partial charge in [0, 0.05) is 23.3 Å². The highest BCUT2D eigenvalue weighted by atomic mass is 32.2. The maximum Gasteiger partial charge on any atom is 0.352 e. The average molecular weight is 534 g/mol. The monoisotopic (exact) mass is 533 g/mol. The number of hydrogen-bond acceptors (Lipinski definition) is 11. The van der Waals surface area contributed by atoms with E-state index in [1.54, 1.807) is 0 Å². The van der Waals surface area contributed by atoms with Crippen molar-refractivity contribution >= 4 is 57.6 Å². The molecule has 15 heteroatoms. The fourth-order valence-corrected chi connectivity index (χ4v) is 6.62. The topological polar surface area (TPSA) is 199 Å². The molecule has 0 bridgehead atoms. The molecular formula is C21H23N7O6S2. The summed E-state index contributed by atoms with van der Waals surface area (Å²) in [6.07, 6.45) is 1.04. The van der Waals surface area contributed by atoms with Gasteiger partial charge in [-0.05, 0) is 43.0 Å².